The molecule has 2 rings (SSSR count). The summed E-state index contributed by atoms with van der Waals surface area (Å²) < 4.78 is 5.04. The van der Waals surface area contributed by atoms with Gasteiger partial charge in [-0.05, 0) is 29.8 Å². The third-order valence-corrected chi connectivity index (χ3v) is 2.70. The Bertz CT molecular complexity index is 595. The third kappa shape index (κ3) is 4.03. The topological polar surface area (TPSA) is 112 Å². The molecule has 0 spiro atoms. The second-order valence-corrected chi connectivity index (χ2v) is 4.22. The van der Waals surface area contributed by atoms with Crippen molar-refractivity contribution in [1.29, 1.82) is 0 Å². The zero-order chi connectivity index (χ0) is 15.2. The summed E-state index contributed by atoms with van der Waals surface area (Å²) in [5, 5.41) is 15.0. The molecule has 0 radical (unpaired) electrons. The lowest BCUT2D eigenvalue weighted by Crippen LogP contribution is -2.35. The van der Waals surface area contributed by atoms with Crippen molar-refractivity contribution in [3.63, 3.8) is 0 Å². The van der Waals surface area contributed by atoms with Crippen molar-refractivity contribution in [2.45, 2.75) is 12.5 Å². The SMILES string of the molecule is COc1ccc(C=NNC2=NC(CC(=O)O)C(=O)N2)cc1. The lowest BCUT2D eigenvalue weighted by Gasteiger charge is -2.00. The summed E-state index contributed by atoms with van der Waals surface area (Å²) in [6.45, 7) is 0. The van der Waals surface area contributed by atoms with E-state index < -0.39 is 17.9 Å². The number of guanidine groups is 1. The van der Waals surface area contributed by atoms with Crippen molar-refractivity contribution < 1.29 is 19.4 Å². The molecular formula is C13H14N4O4. The molecule has 110 valence electrons. The summed E-state index contributed by atoms with van der Waals surface area (Å²) in [7, 11) is 1.58. The number of hydrogen-bond donors (Lipinski definition) is 3. The summed E-state index contributed by atoms with van der Waals surface area (Å²) in [5.41, 5.74) is 3.38. The first-order valence-electron chi connectivity index (χ1n) is 6.12. The van der Waals surface area contributed by atoms with Crippen LogP contribution in [0.15, 0.2) is 34.4 Å². The van der Waals surface area contributed by atoms with E-state index >= 15 is 0 Å². The number of carboxylic acid groups (broad SMARTS) is 1. The second-order valence-electron chi connectivity index (χ2n) is 4.22. The molecule has 1 aromatic rings. The van der Waals surface area contributed by atoms with Crippen molar-refractivity contribution in [1.82, 2.24) is 10.7 Å². The fourth-order valence-corrected chi connectivity index (χ4v) is 1.67. The van der Waals surface area contributed by atoms with Crippen molar-refractivity contribution in [3.8, 4) is 5.75 Å². The van der Waals surface area contributed by atoms with Crippen LogP contribution in [0.1, 0.15) is 12.0 Å². The molecule has 1 amide bonds. The monoisotopic (exact) mass is 290 g/mol. The molecule has 0 aliphatic carbocycles. The van der Waals surface area contributed by atoms with Gasteiger partial charge in [-0.2, -0.15) is 5.10 Å². The molecule has 1 aliphatic rings. The Labute approximate surface area is 120 Å². The fourth-order valence-electron chi connectivity index (χ4n) is 1.67. The van der Waals surface area contributed by atoms with E-state index in [0.29, 0.717) is 0 Å². The Morgan fingerprint density at radius 2 is 2.24 bits per heavy atom. The van der Waals surface area contributed by atoms with E-state index in [1.54, 1.807) is 25.5 Å². The number of rotatable bonds is 5. The molecule has 1 aliphatic heterocycles. The van der Waals surface area contributed by atoms with Gasteiger partial charge in [0.05, 0.1) is 19.7 Å². The highest BCUT2D eigenvalue weighted by molar-refractivity contribution is 6.06. The highest BCUT2D eigenvalue weighted by Crippen LogP contribution is 2.09. The number of carbonyl (C=O) groups is 2. The zero-order valence-corrected chi connectivity index (χ0v) is 11.2. The molecule has 1 aromatic carbocycles. The van der Waals surface area contributed by atoms with Crippen molar-refractivity contribution in [3.05, 3.63) is 29.8 Å². The molecule has 1 atom stereocenters. The van der Waals surface area contributed by atoms with Crippen LogP contribution in [-0.2, 0) is 9.59 Å². The fraction of sp³-hybridized carbons (Fsp3) is 0.231. The maximum atomic E-state index is 11.4. The first-order valence-corrected chi connectivity index (χ1v) is 6.12. The molecule has 0 bridgehead atoms. The predicted molar refractivity (Wildman–Crippen MR) is 75.3 cm³/mol. The van der Waals surface area contributed by atoms with Gasteiger partial charge >= 0.3 is 5.97 Å². The third-order valence-electron chi connectivity index (χ3n) is 2.70. The van der Waals surface area contributed by atoms with Gasteiger partial charge in [0.2, 0.25) is 5.96 Å². The van der Waals surface area contributed by atoms with Gasteiger partial charge in [-0.1, -0.05) is 0 Å². The van der Waals surface area contributed by atoms with Crippen molar-refractivity contribution in [2.24, 2.45) is 10.1 Å². The maximum Gasteiger partial charge on any atom is 0.306 e. The molecule has 1 heterocycles. The number of benzene rings is 1. The maximum absolute atomic E-state index is 11.4. The van der Waals surface area contributed by atoms with Gasteiger partial charge in [-0.3, -0.25) is 14.9 Å². The average molecular weight is 290 g/mol. The molecule has 0 fully saturated rings. The van der Waals surface area contributed by atoms with Gasteiger partial charge in [0.25, 0.3) is 5.91 Å². The Kier molecular flexibility index (Phi) is 4.50. The normalized spacial score (nSPS) is 17.5. The Morgan fingerprint density at radius 3 is 2.86 bits per heavy atom. The lowest BCUT2D eigenvalue weighted by atomic mass is 10.2. The van der Waals surface area contributed by atoms with Gasteiger partial charge in [-0.25, -0.2) is 10.4 Å². The van der Waals surface area contributed by atoms with Gasteiger partial charge < -0.3 is 9.84 Å². The number of nitrogens with zero attached hydrogens (tertiary/aromatic N) is 2. The Hall–Kier alpha value is -2.90. The standard InChI is InChI=1S/C13H14N4O4/c1-21-9-4-2-8(3-5-9)7-14-17-13-15-10(6-11(18)19)12(20)16-13/h2-5,7,10H,6H2,1H3,(H,18,19)(H2,15,16,17,20). The highest BCUT2D eigenvalue weighted by Gasteiger charge is 2.28. The molecule has 8 nitrogen and oxygen atoms in total. The van der Waals surface area contributed by atoms with Crippen LogP contribution in [0, 0.1) is 0 Å². The van der Waals surface area contributed by atoms with E-state index in [9.17, 15) is 9.59 Å². The lowest BCUT2D eigenvalue weighted by molar-refractivity contribution is -0.139. The molecular weight excluding hydrogens is 276 g/mol. The predicted octanol–water partition coefficient (Wildman–Crippen LogP) is -0.0522. The van der Waals surface area contributed by atoms with Crippen LogP contribution in [0.5, 0.6) is 5.75 Å². The number of amides is 1. The molecule has 0 saturated carbocycles. The quantitative estimate of drug-likeness (QED) is 0.520. The van der Waals surface area contributed by atoms with Crippen LogP contribution in [0.2, 0.25) is 0 Å². The van der Waals surface area contributed by atoms with E-state index in [4.69, 9.17) is 9.84 Å². The van der Waals surface area contributed by atoms with Crippen LogP contribution in [0.25, 0.3) is 0 Å². The minimum absolute atomic E-state index is 0.135. The van der Waals surface area contributed by atoms with Crippen LogP contribution < -0.4 is 15.5 Å². The molecule has 21 heavy (non-hydrogen) atoms. The smallest absolute Gasteiger partial charge is 0.306 e. The van der Waals surface area contributed by atoms with Crippen LogP contribution in [0.4, 0.5) is 0 Å². The van der Waals surface area contributed by atoms with E-state index in [1.807, 2.05) is 12.1 Å². The summed E-state index contributed by atoms with van der Waals surface area (Å²) in [4.78, 5) is 25.9. The number of ether oxygens (including phenoxy) is 1. The summed E-state index contributed by atoms with van der Waals surface area (Å²) in [6.07, 6.45) is 1.19. The largest absolute Gasteiger partial charge is 0.497 e. The number of carboxylic acids is 1. The summed E-state index contributed by atoms with van der Waals surface area (Å²) in [5.74, 6) is -0.665. The number of aliphatic imine (C=N–C) groups is 1. The number of methoxy groups -OCH3 is 1. The number of carbonyl (C=O) groups excluding carboxylic acids is 1. The van der Waals surface area contributed by atoms with Crippen LogP contribution in [-0.4, -0.2) is 42.3 Å². The average Bonchev–Trinajstić information content (AvgIpc) is 2.79. The number of aliphatic carboxylic acids is 1. The number of nitrogens with one attached hydrogen (secondary N) is 2. The molecule has 3 N–H and O–H groups in total. The molecule has 8 heteroatoms. The van der Waals surface area contributed by atoms with Crippen LogP contribution in [0.3, 0.4) is 0 Å². The van der Waals surface area contributed by atoms with Crippen molar-refractivity contribution >= 4 is 24.1 Å². The van der Waals surface area contributed by atoms with Gasteiger partial charge in [0, 0.05) is 0 Å². The van der Waals surface area contributed by atoms with Gasteiger partial charge in [0.15, 0.2) is 0 Å². The zero-order valence-electron chi connectivity index (χ0n) is 11.2. The summed E-state index contributed by atoms with van der Waals surface area (Å²) in [6, 6.07) is 6.29. The minimum Gasteiger partial charge on any atom is -0.497 e. The first kappa shape index (κ1) is 14.5. The Balaban J connectivity index is 1.91. The van der Waals surface area contributed by atoms with Crippen molar-refractivity contribution in [2.75, 3.05) is 7.11 Å². The molecule has 0 aromatic heterocycles. The number of hydrazone groups is 1. The molecule has 1 unspecified atom stereocenters. The first-order chi connectivity index (χ1) is 10.1. The minimum atomic E-state index is -1.08. The van der Waals surface area contributed by atoms with Crippen LogP contribution >= 0.6 is 0 Å². The van der Waals surface area contributed by atoms with E-state index in [0.717, 1.165) is 11.3 Å². The van der Waals surface area contributed by atoms with E-state index in [2.05, 4.69) is 20.8 Å². The van der Waals surface area contributed by atoms with E-state index in [1.165, 1.54) is 0 Å². The van der Waals surface area contributed by atoms with E-state index in [-0.39, 0.29) is 12.4 Å². The number of hydrogen-bond acceptors (Lipinski definition) is 6. The highest BCUT2D eigenvalue weighted by atomic mass is 16.5. The summed E-state index contributed by atoms with van der Waals surface area (Å²) >= 11 is 0. The van der Waals surface area contributed by atoms with Gasteiger partial charge in [-0.15, -0.1) is 0 Å². The second kappa shape index (κ2) is 6.51. The van der Waals surface area contributed by atoms with Gasteiger partial charge in [0.1, 0.15) is 11.8 Å². The Morgan fingerprint density at radius 1 is 1.52 bits per heavy atom. The molecule has 0 saturated heterocycles.